The first-order chi connectivity index (χ1) is 8.69. The Balaban J connectivity index is 1.83. The third-order valence-electron chi connectivity index (χ3n) is 3.79. The summed E-state index contributed by atoms with van der Waals surface area (Å²) in [4.78, 5) is 13.4. The second-order valence-electron chi connectivity index (χ2n) is 5.22. The summed E-state index contributed by atoms with van der Waals surface area (Å²) in [7, 11) is 0. The number of likely N-dealkylation sites (tertiary alicyclic amines) is 1. The van der Waals surface area contributed by atoms with Crippen LogP contribution in [0.2, 0.25) is 0 Å². The first-order valence-corrected chi connectivity index (χ1v) is 6.72. The second kappa shape index (κ2) is 6.01. The van der Waals surface area contributed by atoms with Crippen LogP contribution in [0.4, 0.5) is 0 Å². The molecule has 3 heteroatoms. The van der Waals surface area contributed by atoms with Gasteiger partial charge in [-0.3, -0.25) is 4.79 Å². The highest BCUT2D eigenvalue weighted by molar-refractivity contribution is 5.78. The molecule has 0 saturated carbocycles. The molecule has 0 bridgehead atoms. The first-order valence-electron chi connectivity index (χ1n) is 6.72. The van der Waals surface area contributed by atoms with Crippen LogP contribution < -0.4 is 5.73 Å². The Bertz CT molecular complexity index is 391. The fraction of sp³-hybridized carbons (Fsp3) is 0.533. The number of carbonyl (C=O) groups is 1. The molecule has 1 aliphatic heterocycles. The monoisotopic (exact) mass is 246 g/mol. The van der Waals surface area contributed by atoms with E-state index in [0.29, 0.717) is 5.92 Å². The Labute approximate surface area is 109 Å². The maximum Gasteiger partial charge on any atom is 0.236 e. The van der Waals surface area contributed by atoms with Gasteiger partial charge in [0.05, 0.1) is 6.54 Å². The molecule has 1 aliphatic rings. The number of hydrogen-bond donors (Lipinski definition) is 1. The van der Waals surface area contributed by atoms with Gasteiger partial charge < -0.3 is 10.6 Å². The molecule has 0 unspecified atom stereocenters. The summed E-state index contributed by atoms with van der Waals surface area (Å²) in [6.45, 7) is 3.99. The summed E-state index contributed by atoms with van der Waals surface area (Å²) in [6.07, 6.45) is 3.32. The zero-order valence-electron chi connectivity index (χ0n) is 11.1. The zero-order chi connectivity index (χ0) is 13.0. The summed E-state index contributed by atoms with van der Waals surface area (Å²) in [5, 5.41) is 0. The van der Waals surface area contributed by atoms with E-state index in [4.69, 9.17) is 5.73 Å². The van der Waals surface area contributed by atoms with E-state index >= 15 is 0 Å². The molecular weight excluding hydrogens is 224 g/mol. The Morgan fingerprint density at radius 2 is 1.89 bits per heavy atom. The van der Waals surface area contributed by atoms with Crippen LogP contribution in [0.5, 0.6) is 0 Å². The van der Waals surface area contributed by atoms with Crippen LogP contribution >= 0.6 is 0 Å². The van der Waals surface area contributed by atoms with Crippen molar-refractivity contribution in [2.24, 2.45) is 11.7 Å². The molecule has 18 heavy (non-hydrogen) atoms. The molecule has 1 aromatic carbocycles. The van der Waals surface area contributed by atoms with E-state index < -0.39 is 0 Å². The number of amides is 1. The largest absolute Gasteiger partial charge is 0.342 e. The van der Waals surface area contributed by atoms with Crippen LogP contribution in [0.15, 0.2) is 24.3 Å². The number of piperidine rings is 1. The predicted molar refractivity (Wildman–Crippen MR) is 73.2 cm³/mol. The van der Waals surface area contributed by atoms with E-state index in [1.165, 1.54) is 11.1 Å². The zero-order valence-corrected chi connectivity index (χ0v) is 11.1. The minimum absolute atomic E-state index is 0.0868. The van der Waals surface area contributed by atoms with Crippen LogP contribution in [0.25, 0.3) is 0 Å². The number of benzene rings is 1. The standard InChI is InChI=1S/C15H22N2O/c1-12-2-4-13(5-3-12)10-14-6-8-17(9-7-14)15(18)11-16/h2-5,14H,6-11,16H2,1H3. The van der Waals surface area contributed by atoms with Crippen molar-refractivity contribution in [1.82, 2.24) is 4.90 Å². The SMILES string of the molecule is Cc1ccc(CC2CCN(C(=O)CN)CC2)cc1. The quantitative estimate of drug-likeness (QED) is 0.883. The van der Waals surface area contributed by atoms with Gasteiger partial charge in [0.2, 0.25) is 5.91 Å². The number of hydrogen-bond acceptors (Lipinski definition) is 2. The van der Waals surface area contributed by atoms with E-state index in [2.05, 4.69) is 31.2 Å². The van der Waals surface area contributed by atoms with Crippen molar-refractivity contribution >= 4 is 5.91 Å². The molecule has 0 aliphatic carbocycles. The number of rotatable bonds is 3. The molecule has 98 valence electrons. The molecule has 2 N–H and O–H groups in total. The topological polar surface area (TPSA) is 46.3 Å². The summed E-state index contributed by atoms with van der Waals surface area (Å²) in [5.41, 5.74) is 8.10. The molecule has 1 amide bonds. The van der Waals surface area contributed by atoms with Gasteiger partial charge in [0, 0.05) is 13.1 Å². The smallest absolute Gasteiger partial charge is 0.236 e. The highest BCUT2D eigenvalue weighted by Crippen LogP contribution is 2.21. The Morgan fingerprint density at radius 1 is 1.28 bits per heavy atom. The summed E-state index contributed by atoms with van der Waals surface area (Å²) < 4.78 is 0. The maximum absolute atomic E-state index is 11.5. The molecule has 1 aromatic rings. The van der Waals surface area contributed by atoms with Crippen LogP contribution in [0, 0.1) is 12.8 Å². The molecular formula is C15H22N2O. The third-order valence-corrected chi connectivity index (χ3v) is 3.79. The molecule has 2 rings (SSSR count). The van der Waals surface area contributed by atoms with Gasteiger partial charge in [-0.2, -0.15) is 0 Å². The fourth-order valence-corrected chi connectivity index (χ4v) is 2.57. The minimum Gasteiger partial charge on any atom is -0.342 e. The van der Waals surface area contributed by atoms with Crippen molar-refractivity contribution < 1.29 is 4.79 Å². The van der Waals surface area contributed by atoms with Crippen molar-refractivity contribution in [2.45, 2.75) is 26.2 Å². The van der Waals surface area contributed by atoms with Crippen molar-refractivity contribution in [1.29, 1.82) is 0 Å². The van der Waals surface area contributed by atoms with E-state index in [9.17, 15) is 4.79 Å². The lowest BCUT2D eigenvalue weighted by Crippen LogP contribution is -2.41. The molecule has 0 atom stereocenters. The van der Waals surface area contributed by atoms with Gasteiger partial charge in [0.1, 0.15) is 0 Å². The Hall–Kier alpha value is -1.35. The lowest BCUT2D eigenvalue weighted by molar-refractivity contribution is -0.131. The average molecular weight is 246 g/mol. The highest BCUT2D eigenvalue weighted by atomic mass is 16.2. The molecule has 3 nitrogen and oxygen atoms in total. The van der Waals surface area contributed by atoms with Gasteiger partial charge in [0.25, 0.3) is 0 Å². The maximum atomic E-state index is 11.5. The lowest BCUT2D eigenvalue weighted by Gasteiger charge is -2.31. The van der Waals surface area contributed by atoms with Crippen molar-refractivity contribution in [3.8, 4) is 0 Å². The normalized spacial score (nSPS) is 16.9. The van der Waals surface area contributed by atoms with Gasteiger partial charge in [0.15, 0.2) is 0 Å². The summed E-state index contributed by atoms with van der Waals surface area (Å²) in [6, 6.07) is 8.77. The van der Waals surface area contributed by atoms with E-state index in [0.717, 1.165) is 32.4 Å². The lowest BCUT2D eigenvalue weighted by atomic mass is 9.90. The Morgan fingerprint density at radius 3 is 2.44 bits per heavy atom. The fourth-order valence-electron chi connectivity index (χ4n) is 2.57. The van der Waals surface area contributed by atoms with Gasteiger partial charge in [-0.05, 0) is 37.7 Å². The Kier molecular flexibility index (Phi) is 4.37. The van der Waals surface area contributed by atoms with E-state index in [-0.39, 0.29) is 12.5 Å². The number of aryl methyl sites for hydroxylation is 1. The molecule has 0 spiro atoms. The van der Waals surface area contributed by atoms with E-state index in [1.807, 2.05) is 4.90 Å². The van der Waals surface area contributed by atoms with Crippen LogP contribution in [0.3, 0.4) is 0 Å². The molecule has 0 aromatic heterocycles. The molecule has 1 fully saturated rings. The van der Waals surface area contributed by atoms with Gasteiger partial charge in [-0.25, -0.2) is 0 Å². The van der Waals surface area contributed by atoms with Gasteiger partial charge in [-0.1, -0.05) is 29.8 Å². The number of nitrogens with zero attached hydrogens (tertiary/aromatic N) is 1. The minimum atomic E-state index is 0.0868. The van der Waals surface area contributed by atoms with Crippen molar-refractivity contribution in [2.75, 3.05) is 19.6 Å². The van der Waals surface area contributed by atoms with E-state index in [1.54, 1.807) is 0 Å². The van der Waals surface area contributed by atoms with Crippen LogP contribution in [0.1, 0.15) is 24.0 Å². The third kappa shape index (κ3) is 3.33. The molecule has 1 heterocycles. The molecule has 1 saturated heterocycles. The predicted octanol–water partition coefficient (Wildman–Crippen LogP) is 1.73. The van der Waals surface area contributed by atoms with Gasteiger partial charge in [-0.15, -0.1) is 0 Å². The van der Waals surface area contributed by atoms with Crippen LogP contribution in [-0.4, -0.2) is 30.4 Å². The van der Waals surface area contributed by atoms with Gasteiger partial charge >= 0.3 is 0 Å². The average Bonchev–Trinajstić information content (AvgIpc) is 2.41. The van der Waals surface area contributed by atoms with Crippen LogP contribution in [-0.2, 0) is 11.2 Å². The summed E-state index contributed by atoms with van der Waals surface area (Å²) in [5.74, 6) is 0.790. The summed E-state index contributed by atoms with van der Waals surface area (Å²) >= 11 is 0. The molecule has 0 radical (unpaired) electrons. The number of carbonyl (C=O) groups excluding carboxylic acids is 1. The van der Waals surface area contributed by atoms with Crippen molar-refractivity contribution in [3.05, 3.63) is 35.4 Å². The highest BCUT2D eigenvalue weighted by Gasteiger charge is 2.21. The second-order valence-corrected chi connectivity index (χ2v) is 5.22. The van der Waals surface area contributed by atoms with Crippen molar-refractivity contribution in [3.63, 3.8) is 0 Å². The first kappa shape index (κ1) is 13.1. The number of nitrogens with two attached hydrogens (primary N) is 1.